The monoisotopic (exact) mass is 674 g/mol. The van der Waals surface area contributed by atoms with Crippen molar-refractivity contribution in [3.8, 4) is 55.9 Å². The highest BCUT2D eigenvalue weighted by molar-refractivity contribution is 7.27. The van der Waals surface area contributed by atoms with Crippen molar-refractivity contribution < 1.29 is 0 Å². The summed E-state index contributed by atoms with van der Waals surface area (Å²) < 4.78 is 3.53. The molecule has 234 valence electrons. The molecular formula is C44H26N4S2. The first kappa shape index (κ1) is 28.9. The van der Waals surface area contributed by atoms with Crippen molar-refractivity contribution in [2.75, 3.05) is 0 Å². The van der Waals surface area contributed by atoms with Crippen LogP contribution >= 0.6 is 22.7 Å². The van der Waals surface area contributed by atoms with Crippen molar-refractivity contribution in [1.82, 2.24) is 19.9 Å². The second-order valence-corrected chi connectivity index (χ2v) is 14.3. The lowest BCUT2D eigenvalue weighted by atomic mass is 9.97. The van der Waals surface area contributed by atoms with Crippen LogP contribution in [0.15, 0.2) is 158 Å². The highest BCUT2D eigenvalue weighted by Gasteiger charge is 2.23. The van der Waals surface area contributed by atoms with E-state index in [4.69, 9.17) is 19.9 Å². The standard InChI is InChI=1S/C44H26N4S2/c1-3-13-29(14-4-1)41-46-42(30-24-22-28(23-25-30)33-20-11-17-27-12-7-8-18-32(27)33)48-43(47-41)39-38-34-19-9-10-21-35(34)49-36(38)26-37-40(39)45-44(50-37)31-15-5-2-6-16-31/h1-26H. The molecule has 0 unspecified atom stereocenters. The molecule has 3 heterocycles. The Morgan fingerprint density at radius 1 is 0.380 bits per heavy atom. The van der Waals surface area contributed by atoms with Crippen LogP contribution < -0.4 is 0 Å². The summed E-state index contributed by atoms with van der Waals surface area (Å²) in [5.74, 6) is 1.88. The first-order valence-corrected chi connectivity index (χ1v) is 18.1. The van der Waals surface area contributed by atoms with Crippen LogP contribution in [-0.2, 0) is 0 Å². The average molecular weight is 675 g/mol. The fraction of sp³-hybridized carbons (Fsp3) is 0. The van der Waals surface area contributed by atoms with Crippen molar-refractivity contribution >= 4 is 63.8 Å². The van der Waals surface area contributed by atoms with Gasteiger partial charge in [-0.2, -0.15) is 0 Å². The molecule has 3 aromatic heterocycles. The van der Waals surface area contributed by atoms with Gasteiger partial charge < -0.3 is 0 Å². The lowest BCUT2D eigenvalue weighted by molar-refractivity contribution is 1.08. The number of aromatic nitrogens is 4. The van der Waals surface area contributed by atoms with E-state index in [1.54, 1.807) is 22.7 Å². The molecule has 0 amide bonds. The summed E-state index contributed by atoms with van der Waals surface area (Å²) >= 11 is 3.51. The molecule has 0 fully saturated rings. The van der Waals surface area contributed by atoms with Gasteiger partial charge in [0.15, 0.2) is 17.5 Å². The Morgan fingerprint density at radius 2 is 0.980 bits per heavy atom. The minimum Gasteiger partial charge on any atom is -0.235 e. The van der Waals surface area contributed by atoms with Gasteiger partial charge in [0.05, 0.1) is 15.8 Å². The fourth-order valence-electron chi connectivity index (χ4n) is 6.80. The van der Waals surface area contributed by atoms with Crippen molar-refractivity contribution in [3.63, 3.8) is 0 Å². The third kappa shape index (κ3) is 4.88. The van der Waals surface area contributed by atoms with Gasteiger partial charge >= 0.3 is 0 Å². The van der Waals surface area contributed by atoms with Crippen LogP contribution in [-0.4, -0.2) is 19.9 Å². The minimum absolute atomic E-state index is 0.621. The fourth-order valence-corrected chi connectivity index (χ4v) is 9.05. The first-order valence-electron chi connectivity index (χ1n) is 16.5. The number of nitrogens with zero attached hydrogens (tertiary/aromatic N) is 4. The SMILES string of the molecule is c1ccc(-c2nc(-c3ccc(-c4cccc5ccccc45)cc3)nc(-c3c4nc(-c5ccccc5)sc4cc4sc5ccccc5c34)n2)cc1. The van der Waals surface area contributed by atoms with E-state index in [9.17, 15) is 0 Å². The molecule has 0 radical (unpaired) electrons. The summed E-state index contributed by atoms with van der Waals surface area (Å²) in [4.78, 5) is 20.9. The molecule has 50 heavy (non-hydrogen) atoms. The second-order valence-electron chi connectivity index (χ2n) is 12.2. The van der Waals surface area contributed by atoms with Gasteiger partial charge in [-0.15, -0.1) is 22.7 Å². The maximum Gasteiger partial charge on any atom is 0.167 e. The predicted octanol–water partition coefficient (Wildman–Crippen LogP) is 12.3. The van der Waals surface area contributed by atoms with Gasteiger partial charge in [0.2, 0.25) is 0 Å². The Labute approximate surface area is 296 Å². The minimum atomic E-state index is 0.621. The molecule has 0 saturated heterocycles. The van der Waals surface area contributed by atoms with Crippen molar-refractivity contribution in [2.24, 2.45) is 0 Å². The van der Waals surface area contributed by atoms with E-state index >= 15 is 0 Å². The Bertz CT molecular complexity index is 2850. The van der Waals surface area contributed by atoms with Gasteiger partial charge in [-0.3, -0.25) is 0 Å². The molecule has 0 aliphatic carbocycles. The molecule has 6 heteroatoms. The van der Waals surface area contributed by atoms with Crippen LogP contribution in [0.2, 0.25) is 0 Å². The van der Waals surface area contributed by atoms with E-state index < -0.39 is 0 Å². The zero-order chi connectivity index (χ0) is 33.0. The van der Waals surface area contributed by atoms with Gasteiger partial charge in [0.1, 0.15) is 5.01 Å². The predicted molar refractivity (Wildman–Crippen MR) is 211 cm³/mol. The van der Waals surface area contributed by atoms with Crippen molar-refractivity contribution in [3.05, 3.63) is 158 Å². The summed E-state index contributed by atoms with van der Waals surface area (Å²) in [6, 6.07) is 55.0. The average Bonchev–Trinajstić information content (AvgIpc) is 3.79. The van der Waals surface area contributed by atoms with Crippen LogP contribution in [0.25, 0.3) is 97.0 Å². The number of fused-ring (bicyclic) bond motifs is 5. The number of hydrogen-bond donors (Lipinski definition) is 0. The van der Waals surface area contributed by atoms with Crippen LogP contribution in [0.1, 0.15) is 0 Å². The largest absolute Gasteiger partial charge is 0.235 e. The molecule has 0 bridgehead atoms. The van der Waals surface area contributed by atoms with Gasteiger partial charge in [-0.1, -0.05) is 146 Å². The van der Waals surface area contributed by atoms with Crippen LogP contribution in [0, 0.1) is 0 Å². The Morgan fingerprint density at radius 3 is 1.76 bits per heavy atom. The number of hydrogen-bond acceptors (Lipinski definition) is 6. The summed E-state index contributed by atoms with van der Waals surface area (Å²) in [5, 5.41) is 5.74. The van der Waals surface area contributed by atoms with Crippen LogP contribution in [0.4, 0.5) is 0 Å². The topological polar surface area (TPSA) is 51.6 Å². The molecule has 4 nitrogen and oxygen atoms in total. The highest BCUT2D eigenvalue weighted by Crippen LogP contribution is 2.46. The molecule has 0 N–H and O–H groups in total. The number of thiazole rings is 1. The molecule has 0 atom stereocenters. The molecular weight excluding hydrogens is 649 g/mol. The van der Waals surface area contributed by atoms with Crippen LogP contribution in [0.5, 0.6) is 0 Å². The second kappa shape index (κ2) is 11.8. The summed E-state index contributed by atoms with van der Waals surface area (Å²) in [5.41, 5.74) is 7.17. The summed E-state index contributed by atoms with van der Waals surface area (Å²) in [6.07, 6.45) is 0. The molecule has 7 aromatic carbocycles. The zero-order valence-corrected chi connectivity index (χ0v) is 28.2. The number of thiophene rings is 1. The van der Waals surface area contributed by atoms with Crippen LogP contribution in [0.3, 0.4) is 0 Å². The maximum absolute atomic E-state index is 5.29. The van der Waals surface area contributed by atoms with Crippen molar-refractivity contribution in [1.29, 1.82) is 0 Å². The molecule has 0 aliphatic rings. The molecule has 0 spiro atoms. The molecule has 10 rings (SSSR count). The highest BCUT2D eigenvalue weighted by atomic mass is 32.1. The molecule has 0 aliphatic heterocycles. The summed E-state index contributed by atoms with van der Waals surface area (Å²) in [6.45, 7) is 0. The molecule has 0 saturated carbocycles. The Balaban J connectivity index is 1.21. The maximum atomic E-state index is 5.29. The van der Waals surface area contributed by atoms with E-state index in [0.717, 1.165) is 48.4 Å². The van der Waals surface area contributed by atoms with E-state index in [1.807, 2.05) is 24.3 Å². The van der Waals surface area contributed by atoms with E-state index in [-0.39, 0.29) is 0 Å². The smallest absolute Gasteiger partial charge is 0.167 e. The zero-order valence-electron chi connectivity index (χ0n) is 26.6. The van der Waals surface area contributed by atoms with Gasteiger partial charge in [-0.05, 0) is 34.0 Å². The van der Waals surface area contributed by atoms with E-state index in [1.165, 1.54) is 31.1 Å². The van der Waals surface area contributed by atoms with E-state index in [2.05, 4.69) is 133 Å². The van der Waals surface area contributed by atoms with Crippen molar-refractivity contribution in [2.45, 2.75) is 0 Å². The van der Waals surface area contributed by atoms with Gasteiger partial charge in [-0.25, -0.2) is 19.9 Å². The molecule has 10 aromatic rings. The van der Waals surface area contributed by atoms with Gasteiger partial charge in [0.25, 0.3) is 0 Å². The lowest BCUT2D eigenvalue weighted by Gasteiger charge is -2.11. The third-order valence-electron chi connectivity index (χ3n) is 9.18. The Kier molecular flexibility index (Phi) is 6.82. The lowest BCUT2D eigenvalue weighted by Crippen LogP contribution is -2.01. The summed E-state index contributed by atoms with van der Waals surface area (Å²) in [7, 11) is 0. The normalized spacial score (nSPS) is 11.6. The Hall–Kier alpha value is -6.08. The number of benzene rings is 7. The van der Waals surface area contributed by atoms with E-state index in [0.29, 0.717) is 17.5 Å². The number of rotatable bonds is 5. The first-order chi connectivity index (χ1) is 24.8. The quantitative estimate of drug-likeness (QED) is 0.182. The van der Waals surface area contributed by atoms with Gasteiger partial charge in [0, 0.05) is 36.9 Å². The third-order valence-corrected chi connectivity index (χ3v) is 11.3.